The van der Waals surface area contributed by atoms with E-state index in [0.717, 1.165) is 56.8 Å². The van der Waals surface area contributed by atoms with Crippen molar-refractivity contribution < 1.29 is 0 Å². The predicted molar refractivity (Wildman–Crippen MR) is 121 cm³/mol. The van der Waals surface area contributed by atoms with Gasteiger partial charge in [-0.05, 0) is 25.3 Å². The van der Waals surface area contributed by atoms with Gasteiger partial charge in [0.2, 0.25) is 0 Å². The monoisotopic (exact) mass is 406 g/mol. The zero-order chi connectivity index (χ0) is 19.3. The molecule has 0 atom stereocenters. The molecule has 0 aliphatic heterocycles. The maximum Gasteiger partial charge on any atom is 0.191 e. The summed E-state index contributed by atoms with van der Waals surface area (Å²) in [7, 11) is 0. The maximum atomic E-state index is 4.89. The Morgan fingerprint density at radius 2 is 1.71 bits per heavy atom. The van der Waals surface area contributed by atoms with Gasteiger partial charge in [0.25, 0.3) is 0 Å². The third-order valence-corrected chi connectivity index (χ3v) is 6.42. The third kappa shape index (κ3) is 3.80. The Morgan fingerprint density at radius 1 is 0.929 bits per heavy atom. The quantitative estimate of drug-likeness (QED) is 0.294. The summed E-state index contributed by atoms with van der Waals surface area (Å²) in [6.45, 7) is 2.98. The van der Waals surface area contributed by atoms with Crippen molar-refractivity contribution in [1.82, 2.24) is 19.7 Å². The summed E-state index contributed by atoms with van der Waals surface area (Å²) in [6, 6.07) is 20.7. The van der Waals surface area contributed by atoms with E-state index in [9.17, 15) is 0 Å². The van der Waals surface area contributed by atoms with E-state index >= 15 is 0 Å². The minimum absolute atomic E-state index is 0.835. The first-order valence-corrected chi connectivity index (χ1v) is 11.7. The molecule has 0 aliphatic rings. The van der Waals surface area contributed by atoms with Crippen molar-refractivity contribution in [2.45, 2.75) is 18.6 Å². The van der Waals surface area contributed by atoms with Crippen molar-refractivity contribution in [1.29, 1.82) is 0 Å². The van der Waals surface area contributed by atoms with Gasteiger partial charge in [0.05, 0.1) is 11.2 Å². The van der Waals surface area contributed by atoms with Crippen LogP contribution in [0.15, 0.2) is 65.8 Å². The van der Waals surface area contributed by atoms with E-state index < -0.39 is 0 Å². The first-order chi connectivity index (χ1) is 13.8. The molecular weight excluding hydrogens is 384 g/mol. The molecule has 4 aromatic rings. The van der Waals surface area contributed by atoms with E-state index in [4.69, 9.17) is 4.98 Å². The second-order valence-corrected chi connectivity index (χ2v) is 8.38. The average molecular weight is 407 g/mol. The highest BCUT2D eigenvalue weighted by atomic mass is 32.2. The lowest BCUT2D eigenvalue weighted by Gasteiger charge is -2.11. The molecule has 2 heterocycles. The van der Waals surface area contributed by atoms with E-state index in [0.29, 0.717) is 0 Å². The van der Waals surface area contributed by atoms with Gasteiger partial charge in [0.15, 0.2) is 11.0 Å². The van der Waals surface area contributed by atoms with Crippen LogP contribution in [0.2, 0.25) is 0 Å². The lowest BCUT2D eigenvalue weighted by molar-refractivity contribution is 0.688. The zero-order valence-electron chi connectivity index (χ0n) is 16.0. The van der Waals surface area contributed by atoms with Crippen LogP contribution < -0.4 is 0 Å². The van der Waals surface area contributed by atoms with Crippen LogP contribution in [0.25, 0.3) is 33.5 Å². The van der Waals surface area contributed by atoms with Crippen LogP contribution in [-0.2, 0) is 6.54 Å². The van der Waals surface area contributed by atoms with Crippen molar-refractivity contribution in [3.8, 4) is 22.6 Å². The molecule has 142 valence electrons. The van der Waals surface area contributed by atoms with Crippen molar-refractivity contribution in [3.63, 3.8) is 0 Å². The number of aromatic nitrogens is 4. The fourth-order valence-electron chi connectivity index (χ4n) is 3.21. The molecule has 0 bridgehead atoms. The SMILES string of the molecule is CCn1c(SCCSC)nnc1-c1cc(-c2ccccc2)nc2ccccc12. The van der Waals surface area contributed by atoms with Crippen LogP contribution in [0.5, 0.6) is 0 Å². The highest BCUT2D eigenvalue weighted by Crippen LogP contribution is 2.33. The van der Waals surface area contributed by atoms with Gasteiger partial charge in [0, 0.05) is 34.6 Å². The number of hydrogen-bond donors (Lipinski definition) is 0. The number of pyridine rings is 1. The molecule has 0 radical (unpaired) electrons. The normalized spacial score (nSPS) is 11.2. The first-order valence-electron chi connectivity index (χ1n) is 9.32. The molecule has 4 rings (SSSR count). The van der Waals surface area contributed by atoms with Gasteiger partial charge in [-0.1, -0.05) is 60.3 Å². The summed E-state index contributed by atoms with van der Waals surface area (Å²) in [4.78, 5) is 4.89. The van der Waals surface area contributed by atoms with E-state index in [1.165, 1.54) is 0 Å². The topological polar surface area (TPSA) is 43.6 Å². The van der Waals surface area contributed by atoms with Gasteiger partial charge < -0.3 is 4.57 Å². The summed E-state index contributed by atoms with van der Waals surface area (Å²) in [5.41, 5.74) is 4.11. The highest BCUT2D eigenvalue weighted by molar-refractivity contribution is 8.02. The maximum absolute atomic E-state index is 4.89. The third-order valence-electron chi connectivity index (χ3n) is 4.58. The van der Waals surface area contributed by atoms with Crippen LogP contribution >= 0.6 is 23.5 Å². The molecule has 4 nitrogen and oxygen atoms in total. The summed E-state index contributed by atoms with van der Waals surface area (Å²) in [5, 5.41) is 11.2. The summed E-state index contributed by atoms with van der Waals surface area (Å²) in [6.07, 6.45) is 2.13. The van der Waals surface area contributed by atoms with E-state index in [-0.39, 0.29) is 0 Å². The van der Waals surface area contributed by atoms with Crippen LogP contribution in [-0.4, -0.2) is 37.5 Å². The van der Waals surface area contributed by atoms with Crippen LogP contribution in [0.4, 0.5) is 0 Å². The molecule has 0 fully saturated rings. The molecule has 6 heteroatoms. The van der Waals surface area contributed by atoms with Crippen molar-refractivity contribution in [2.75, 3.05) is 17.8 Å². The Balaban J connectivity index is 1.86. The molecule has 2 aromatic carbocycles. The molecule has 0 spiro atoms. The predicted octanol–water partition coefficient (Wildman–Crippen LogP) is 5.64. The molecular formula is C22H22N4S2. The Kier molecular flexibility index (Phi) is 5.98. The number of para-hydroxylation sites is 1. The number of fused-ring (bicyclic) bond motifs is 1. The second-order valence-electron chi connectivity index (χ2n) is 6.33. The highest BCUT2D eigenvalue weighted by Gasteiger charge is 2.17. The lowest BCUT2D eigenvalue weighted by Crippen LogP contribution is -2.01. The van der Waals surface area contributed by atoms with Gasteiger partial charge >= 0.3 is 0 Å². The number of hydrogen-bond acceptors (Lipinski definition) is 5. The molecule has 0 aliphatic carbocycles. The van der Waals surface area contributed by atoms with Gasteiger partial charge in [-0.25, -0.2) is 4.98 Å². The Bertz CT molecular complexity index is 1080. The van der Waals surface area contributed by atoms with E-state index in [2.05, 4.69) is 64.3 Å². The standard InChI is InChI=1S/C22H22N4S2/c1-3-26-21(24-25-22(26)28-14-13-27-2)18-15-20(16-9-5-4-6-10-16)23-19-12-8-7-11-17(18)19/h4-12,15H,3,13-14H2,1-2H3. The lowest BCUT2D eigenvalue weighted by atomic mass is 10.0. The largest absolute Gasteiger partial charge is 0.302 e. The molecule has 0 saturated carbocycles. The fourth-order valence-corrected chi connectivity index (χ4v) is 4.87. The van der Waals surface area contributed by atoms with Crippen molar-refractivity contribution in [2.24, 2.45) is 0 Å². The van der Waals surface area contributed by atoms with Gasteiger partial charge in [-0.3, -0.25) is 0 Å². The number of nitrogens with zero attached hydrogens (tertiary/aromatic N) is 4. The fraction of sp³-hybridized carbons (Fsp3) is 0.227. The van der Waals surface area contributed by atoms with Gasteiger partial charge in [-0.15, -0.1) is 10.2 Å². The second kappa shape index (κ2) is 8.80. The molecule has 28 heavy (non-hydrogen) atoms. The summed E-state index contributed by atoms with van der Waals surface area (Å²) < 4.78 is 2.21. The zero-order valence-corrected chi connectivity index (χ0v) is 17.6. The van der Waals surface area contributed by atoms with E-state index in [1.807, 2.05) is 36.0 Å². The first kappa shape index (κ1) is 19.0. The average Bonchev–Trinajstić information content (AvgIpc) is 3.16. The molecule has 0 unspecified atom stereocenters. The number of rotatable bonds is 7. The Hall–Kier alpha value is -2.31. The molecule has 0 saturated heterocycles. The summed E-state index contributed by atoms with van der Waals surface area (Å²) >= 11 is 3.62. The van der Waals surface area contributed by atoms with Crippen LogP contribution in [0.1, 0.15) is 6.92 Å². The number of thioether (sulfide) groups is 2. The minimum Gasteiger partial charge on any atom is -0.302 e. The van der Waals surface area contributed by atoms with E-state index in [1.54, 1.807) is 11.8 Å². The van der Waals surface area contributed by atoms with Crippen molar-refractivity contribution >= 4 is 34.4 Å². The van der Waals surface area contributed by atoms with Crippen LogP contribution in [0.3, 0.4) is 0 Å². The Labute approximate surface area is 173 Å². The smallest absolute Gasteiger partial charge is 0.191 e. The molecule has 0 N–H and O–H groups in total. The Morgan fingerprint density at radius 3 is 2.50 bits per heavy atom. The molecule has 0 amide bonds. The molecule has 2 aromatic heterocycles. The summed E-state index contributed by atoms with van der Waals surface area (Å²) in [5.74, 6) is 3.04. The van der Waals surface area contributed by atoms with Crippen molar-refractivity contribution in [3.05, 3.63) is 60.7 Å². The minimum atomic E-state index is 0.835. The van der Waals surface area contributed by atoms with Gasteiger partial charge in [-0.2, -0.15) is 11.8 Å². The van der Waals surface area contributed by atoms with Crippen LogP contribution in [0, 0.1) is 0 Å². The van der Waals surface area contributed by atoms with Gasteiger partial charge in [0.1, 0.15) is 0 Å². The number of benzene rings is 2.